The number of rotatable bonds is 5. The Morgan fingerprint density at radius 1 is 1.17 bits per heavy atom. The van der Waals surface area contributed by atoms with Crippen molar-refractivity contribution in [2.75, 3.05) is 12.4 Å². The molecule has 24 heavy (non-hydrogen) atoms. The summed E-state index contributed by atoms with van der Waals surface area (Å²) in [5.74, 6) is 0.0543. The molecule has 4 nitrogen and oxygen atoms in total. The van der Waals surface area contributed by atoms with Crippen LogP contribution < -0.4 is 5.32 Å². The van der Waals surface area contributed by atoms with Gasteiger partial charge in [-0.05, 0) is 63.4 Å². The van der Waals surface area contributed by atoms with Crippen molar-refractivity contribution in [1.82, 2.24) is 9.88 Å². The van der Waals surface area contributed by atoms with E-state index in [1.54, 1.807) is 4.90 Å². The first kappa shape index (κ1) is 18.0. The molecule has 2 rings (SSSR count). The van der Waals surface area contributed by atoms with Crippen LogP contribution in [0.1, 0.15) is 35.0 Å². The summed E-state index contributed by atoms with van der Waals surface area (Å²) in [7, 11) is 1.82. The largest absolute Gasteiger partial charge is 0.373 e. The van der Waals surface area contributed by atoms with Gasteiger partial charge in [-0.3, -0.25) is 9.78 Å². The third kappa shape index (κ3) is 4.34. The van der Waals surface area contributed by atoms with Crippen LogP contribution >= 0.6 is 0 Å². The zero-order valence-electron chi connectivity index (χ0n) is 15.5. The fourth-order valence-electron chi connectivity index (χ4n) is 2.98. The van der Waals surface area contributed by atoms with E-state index in [2.05, 4.69) is 36.3 Å². The molecular weight excluding hydrogens is 298 g/mol. The van der Waals surface area contributed by atoms with Gasteiger partial charge in [0.05, 0.1) is 12.2 Å². The summed E-state index contributed by atoms with van der Waals surface area (Å²) in [4.78, 5) is 18.9. The van der Waals surface area contributed by atoms with Gasteiger partial charge in [-0.1, -0.05) is 18.2 Å². The number of carbonyl (C=O) groups is 1. The summed E-state index contributed by atoms with van der Waals surface area (Å²) in [5, 5.41) is 3.36. The van der Waals surface area contributed by atoms with E-state index < -0.39 is 0 Å². The van der Waals surface area contributed by atoms with Gasteiger partial charge in [0.2, 0.25) is 5.91 Å². The highest BCUT2D eigenvalue weighted by Gasteiger charge is 2.19. The SMILES string of the molecule is Cc1cc(C)nc(CN(C)C(=O)C(C)Nc2c(C)cccc2C)c1. The monoisotopic (exact) mass is 325 g/mol. The highest BCUT2D eigenvalue weighted by molar-refractivity contribution is 5.84. The van der Waals surface area contributed by atoms with Gasteiger partial charge in [0.15, 0.2) is 0 Å². The van der Waals surface area contributed by atoms with Gasteiger partial charge in [0.25, 0.3) is 0 Å². The van der Waals surface area contributed by atoms with Crippen LogP contribution in [0.4, 0.5) is 5.69 Å². The number of nitrogens with one attached hydrogen (secondary N) is 1. The molecule has 0 saturated heterocycles. The Balaban J connectivity index is 2.07. The van der Waals surface area contributed by atoms with E-state index in [9.17, 15) is 4.79 Å². The number of benzene rings is 1. The standard InChI is InChI=1S/C20H27N3O/c1-13-10-16(4)21-18(11-13)12-23(6)20(24)17(5)22-19-14(2)8-7-9-15(19)3/h7-11,17,22H,12H2,1-6H3. The molecular formula is C20H27N3O. The molecule has 1 N–H and O–H groups in total. The number of para-hydroxylation sites is 1. The van der Waals surface area contributed by atoms with Crippen molar-refractivity contribution in [2.24, 2.45) is 0 Å². The maximum Gasteiger partial charge on any atom is 0.244 e. The maximum absolute atomic E-state index is 12.7. The Labute approximate surface area is 144 Å². The van der Waals surface area contributed by atoms with E-state index in [1.165, 1.54) is 5.56 Å². The minimum atomic E-state index is -0.291. The lowest BCUT2D eigenvalue weighted by atomic mass is 10.1. The number of carbonyl (C=O) groups excluding carboxylic acids is 1. The molecule has 0 aliphatic carbocycles. The second-order valence-corrected chi connectivity index (χ2v) is 6.60. The van der Waals surface area contributed by atoms with Crippen molar-refractivity contribution in [3.63, 3.8) is 0 Å². The van der Waals surface area contributed by atoms with Gasteiger partial charge >= 0.3 is 0 Å². The summed E-state index contributed by atoms with van der Waals surface area (Å²) in [5.41, 5.74) is 6.40. The number of aryl methyl sites for hydroxylation is 4. The quantitative estimate of drug-likeness (QED) is 0.910. The van der Waals surface area contributed by atoms with Crippen LogP contribution in [0.25, 0.3) is 0 Å². The van der Waals surface area contributed by atoms with Gasteiger partial charge in [0, 0.05) is 18.4 Å². The highest BCUT2D eigenvalue weighted by Crippen LogP contribution is 2.20. The molecule has 1 unspecified atom stereocenters. The molecule has 0 aliphatic rings. The number of hydrogen-bond donors (Lipinski definition) is 1. The summed E-state index contributed by atoms with van der Waals surface area (Å²) >= 11 is 0. The molecule has 0 bridgehead atoms. The first-order valence-corrected chi connectivity index (χ1v) is 8.30. The highest BCUT2D eigenvalue weighted by atomic mass is 16.2. The number of aromatic nitrogens is 1. The summed E-state index contributed by atoms with van der Waals surface area (Å²) in [6.45, 7) is 10.5. The number of hydrogen-bond acceptors (Lipinski definition) is 3. The minimum Gasteiger partial charge on any atom is -0.373 e. The van der Waals surface area contributed by atoms with Crippen LogP contribution in [0.15, 0.2) is 30.3 Å². The molecule has 1 aromatic carbocycles. The number of nitrogens with zero attached hydrogens (tertiary/aromatic N) is 2. The van der Waals surface area contributed by atoms with Crippen LogP contribution in [-0.4, -0.2) is 28.9 Å². The Bertz CT molecular complexity index is 699. The van der Waals surface area contributed by atoms with Crippen LogP contribution in [0.5, 0.6) is 0 Å². The number of pyridine rings is 1. The lowest BCUT2D eigenvalue weighted by molar-refractivity contribution is -0.130. The first-order valence-electron chi connectivity index (χ1n) is 8.30. The van der Waals surface area contributed by atoms with Gasteiger partial charge in [0.1, 0.15) is 6.04 Å². The molecule has 0 radical (unpaired) electrons. The predicted molar refractivity (Wildman–Crippen MR) is 99.2 cm³/mol. The van der Waals surface area contributed by atoms with Crippen molar-refractivity contribution in [2.45, 2.75) is 47.2 Å². The third-order valence-corrected chi connectivity index (χ3v) is 4.14. The summed E-state index contributed by atoms with van der Waals surface area (Å²) < 4.78 is 0. The van der Waals surface area contributed by atoms with E-state index in [0.29, 0.717) is 6.54 Å². The van der Waals surface area contributed by atoms with E-state index in [4.69, 9.17) is 0 Å². The normalized spacial score (nSPS) is 11.9. The van der Waals surface area contributed by atoms with Crippen LogP contribution in [0.2, 0.25) is 0 Å². The average molecular weight is 325 g/mol. The molecule has 1 aromatic heterocycles. The minimum absolute atomic E-state index is 0.0543. The fraction of sp³-hybridized carbons (Fsp3) is 0.400. The van der Waals surface area contributed by atoms with Crippen LogP contribution in [-0.2, 0) is 11.3 Å². The number of amides is 1. The molecule has 128 valence electrons. The molecule has 1 atom stereocenters. The van der Waals surface area contributed by atoms with Crippen molar-refractivity contribution in [1.29, 1.82) is 0 Å². The summed E-state index contributed by atoms with van der Waals surface area (Å²) in [6.07, 6.45) is 0. The third-order valence-electron chi connectivity index (χ3n) is 4.14. The number of likely N-dealkylation sites (N-methyl/N-ethyl adjacent to an activating group) is 1. The van der Waals surface area contributed by atoms with Crippen molar-refractivity contribution >= 4 is 11.6 Å². The van der Waals surface area contributed by atoms with E-state index in [0.717, 1.165) is 28.2 Å². The molecule has 0 spiro atoms. The van der Waals surface area contributed by atoms with Crippen molar-refractivity contribution in [3.8, 4) is 0 Å². The fourth-order valence-corrected chi connectivity index (χ4v) is 2.98. The molecule has 0 aliphatic heterocycles. The predicted octanol–water partition coefficient (Wildman–Crippen LogP) is 3.77. The first-order chi connectivity index (χ1) is 11.3. The Morgan fingerprint density at radius 2 is 1.79 bits per heavy atom. The lowest BCUT2D eigenvalue weighted by Crippen LogP contribution is -2.39. The summed E-state index contributed by atoms with van der Waals surface area (Å²) in [6, 6.07) is 9.91. The Hall–Kier alpha value is -2.36. The van der Waals surface area contributed by atoms with Crippen LogP contribution in [0.3, 0.4) is 0 Å². The molecule has 4 heteroatoms. The van der Waals surface area contributed by atoms with Gasteiger partial charge in [-0.15, -0.1) is 0 Å². The smallest absolute Gasteiger partial charge is 0.244 e. The van der Waals surface area contributed by atoms with Crippen molar-refractivity contribution < 1.29 is 4.79 Å². The molecule has 0 saturated carbocycles. The second kappa shape index (κ2) is 7.47. The molecule has 1 amide bonds. The van der Waals surface area contributed by atoms with Gasteiger partial charge in [-0.25, -0.2) is 0 Å². The van der Waals surface area contributed by atoms with E-state index in [-0.39, 0.29) is 11.9 Å². The zero-order valence-corrected chi connectivity index (χ0v) is 15.5. The van der Waals surface area contributed by atoms with Crippen molar-refractivity contribution in [3.05, 3.63) is 58.4 Å². The second-order valence-electron chi connectivity index (χ2n) is 6.60. The van der Waals surface area contributed by atoms with E-state index in [1.807, 2.05) is 46.0 Å². The number of anilines is 1. The Morgan fingerprint density at radius 3 is 2.38 bits per heavy atom. The van der Waals surface area contributed by atoms with Crippen LogP contribution in [0, 0.1) is 27.7 Å². The zero-order chi connectivity index (χ0) is 17.9. The average Bonchev–Trinajstić information content (AvgIpc) is 2.49. The lowest BCUT2D eigenvalue weighted by Gasteiger charge is -2.24. The maximum atomic E-state index is 12.7. The molecule has 0 fully saturated rings. The Kier molecular flexibility index (Phi) is 5.60. The van der Waals surface area contributed by atoms with E-state index >= 15 is 0 Å². The topological polar surface area (TPSA) is 45.2 Å². The molecule has 1 heterocycles. The molecule has 2 aromatic rings. The van der Waals surface area contributed by atoms with Gasteiger partial charge in [-0.2, -0.15) is 0 Å². The van der Waals surface area contributed by atoms with Gasteiger partial charge < -0.3 is 10.2 Å².